The zero-order valence-electron chi connectivity index (χ0n) is 9.84. The van der Waals surface area contributed by atoms with Crippen LogP contribution in [-0.4, -0.2) is 25.0 Å². The van der Waals surface area contributed by atoms with E-state index in [4.69, 9.17) is 21.6 Å². The molecule has 0 radical (unpaired) electrons. The predicted octanol–water partition coefficient (Wildman–Crippen LogP) is 0.874. The highest BCUT2D eigenvalue weighted by atomic mass is 32.1. The van der Waals surface area contributed by atoms with E-state index in [1.54, 1.807) is 19.2 Å². The first kappa shape index (κ1) is 13.8. The third-order valence-electron chi connectivity index (χ3n) is 1.91. The number of rotatable bonds is 5. The Hall–Kier alpha value is -2.26. The van der Waals surface area contributed by atoms with E-state index >= 15 is 0 Å². The number of benzene rings is 1. The topological polar surface area (TPSA) is 68.9 Å². The van der Waals surface area contributed by atoms with Gasteiger partial charge in [-0.3, -0.25) is 5.43 Å². The average Bonchev–Trinajstić information content (AvgIpc) is 2.36. The molecule has 0 unspecified atom stereocenters. The minimum atomic E-state index is 0.0836. The number of hydrazone groups is 1. The summed E-state index contributed by atoms with van der Waals surface area (Å²) in [4.78, 5) is 0. The van der Waals surface area contributed by atoms with Gasteiger partial charge in [-0.1, -0.05) is 12.0 Å². The molecule has 0 atom stereocenters. The monoisotopic (exact) mass is 263 g/mol. The zero-order valence-corrected chi connectivity index (χ0v) is 10.7. The maximum atomic E-state index is 5.42. The Labute approximate surface area is 111 Å². The van der Waals surface area contributed by atoms with Crippen LogP contribution in [0, 0.1) is 12.3 Å². The van der Waals surface area contributed by atoms with Gasteiger partial charge in [0, 0.05) is 5.56 Å². The van der Waals surface area contributed by atoms with E-state index in [0.29, 0.717) is 17.1 Å². The molecule has 0 saturated carbocycles. The summed E-state index contributed by atoms with van der Waals surface area (Å²) in [5.74, 6) is 3.48. The molecule has 0 heterocycles. The molecule has 1 aromatic carbocycles. The lowest BCUT2D eigenvalue weighted by Gasteiger charge is -2.11. The van der Waals surface area contributed by atoms with Gasteiger partial charge in [0.05, 0.1) is 13.3 Å². The number of methoxy groups -OCH3 is 1. The quantitative estimate of drug-likeness (QED) is 0.357. The molecule has 0 amide bonds. The maximum Gasteiger partial charge on any atom is 0.184 e. The van der Waals surface area contributed by atoms with Crippen LogP contribution >= 0.6 is 12.2 Å². The smallest absolute Gasteiger partial charge is 0.184 e. The van der Waals surface area contributed by atoms with Crippen LogP contribution in [0.3, 0.4) is 0 Å². The van der Waals surface area contributed by atoms with E-state index in [9.17, 15) is 0 Å². The molecule has 0 spiro atoms. The number of hydrogen-bond acceptors (Lipinski definition) is 4. The molecule has 1 aromatic rings. The SMILES string of the molecule is C#CCOc1c(C=NNC(N)=S)cccc1OC. The Kier molecular flexibility index (Phi) is 5.48. The lowest BCUT2D eigenvalue weighted by molar-refractivity contribution is 0.330. The number of nitrogens with two attached hydrogens (primary N) is 1. The lowest BCUT2D eigenvalue weighted by atomic mass is 10.2. The van der Waals surface area contributed by atoms with E-state index in [1.165, 1.54) is 6.21 Å². The summed E-state index contributed by atoms with van der Waals surface area (Å²) in [7, 11) is 1.55. The molecular weight excluding hydrogens is 250 g/mol. The molecule has 0 bridgehead atoms. The van der Waals surface area contributed by atoms with Gasteiger partial charge in [0.2, 0.25) is 0 Å². The van der Waals surface area contributed by atoms with Crippen molar-refractivity contribution in [2.75, 3.05) is 13.7 Å². The van der Waals surface area contributed by atoms with Crippen molar-refractivity contribution in [3.05, 3.63) is 23.8 Å². The second-order valence-electron chi connectivity index (χ2n) is 3.11. The standard InChI is InChI=1S/C12H13N3O2S/c1-3-7-17-11-9(8-14-15-12(13)18)5-4-6-10(11)16-2/h1,4-6,8H,7H2,2H3,(H3,13,15,18). The molecule has 0 aliphatic heterocycles. The van der Waals surface area contributed by atoms with E-state index in [0.717, 1.165) is 0 Å². The zero-order chi connectivity index (χ0) is 13.4. The number of para-hydroxylation sites is 1. The number of ether oxygens (including phenoxy) is 2. The molecule has 6 heteroatoms. The molecule has 0 aromatic heterocycles. The van der Waals surface area contributed by atoms with Crippen molar-refractivity contribution in [3.8, 4) is 23.8 Å². The van der Waals surface area contributed by atoms with E-state index in [2.05, 4.69) is 28.7 Å². The second-order valence-corrected chi connectivity index (χ2v) is 3.55. The van der Waals surface area contributed by atoms with Gasteiger partial charge >= 0.3 is 0 Å². The molecule has 1 rings (SSSR count). The molecule has 0 saturated heterocycles. The van der Waals surface area contributed by atoms with Gasteiger partial charge in [-0.2, -0.15) is 5.10 Å². The lowest BCUT2D eigenvalue weighted by Crippen LogP contribution is -2.24. The van der Waals surface area contributed by atoms with Crippen LogP contribution in [0.25, 0.3) is 0 Å². The van der Waals surface area contributed by atoms with Gasteiger partial charge < -0.3 is 15.2 Å². The summed E-state index contributed by atoms with van der Waals surface area (Å²) < 4.78 is 10.6. The van der Waals surface area contributed by atoms with Crippen LogP contribution in [-0.2, 0) is 0 Å². The van der Waals surface area contributed by atoms with Crippen molar-refractivity contribution in [3.63, 3.8) is 0 Å². The third kappa shape index (κ3) is 3.96. The van der Waals surface area contributed by atoms with Crippen LogP contribution in [0.1, 0.15) is 5.56 Å². The Morgan fingerprint density at radius 2 is 2.44 bits per heavy atom. The summed E-state index contributed by atoms with van der Waals surface area (Å²) in [5, 5.41) is 3.94. The van der Waals surface area contributed by atoms with Gasteiger partial charge in [-0.05, 0) is 24.4 Å². The van der Waals surface area contributed by atoms with Gasteiger partial charge in [-0.25, -0.2) is 0 Å². The van der Waals surface area contributed by atoms with Crippen molar-refractivity contribution in [2.24, 2.45) is 10.8 Å². The van der Waals surface area contributed by atoms with Crippen LogP contribution < -0.4 is 20.6 Å². The predicted molar refractivity (Wildman–Crippen MR) is 74.8 cm³/mol. The molecule has 94 valence electrons. The molecule has 0 aliphatic rings. The van der Waals surface area contributed by atoms with Crippen LogP contribution in [0.2, 0.25) is 0 Å². The van der Waals surface area contributed by atoms with Crippen molar-refractivity contribution in [2.45, 2.75) is 0 Å². The maximum absolute atomic E-state index is 5.42. The van der Waals surface area contributed by atoms with Gasteiger partial charge in [0.1, 0.15) is 6.61 Å². The molecule has 18 heavy (non-hydrogen) atoms. The minimum Gasteiger partial charge on any atom is -0.493 e. The highest BCUT2D eigenvalue weighted by Crippen LogP contribution is 2.29. The second kappa shape index (κ2) is 7.14. The number of nitrogens with one attached hydrogen (secondary N) is 1. The fourth-order valence-electron chi connectivity index (χ4n) is 1.23. The first-order chi connectivity index (χ1) is 8.69. The fourth-order valence-corrected chi connectivity index (χ4v) is 1.28. The fraction of sp³-hybridized carbons (Fsp3) is 0.167. The molecule has 3 N–H and O–H groups in total. The third-order valence-corrected chi connectivity index (χ3v) is 2.00. The van der Waals surface area contributed by atoms with Crippen LogP contribution in [0.4, 0.5) is 0 Å². The summed E-state index contributed by atoms with van der Waals surface area (Å²) in [6.45, 7) is 0.143. The van der Waals surface area contributed by atoms with Gasteiger partial charge in [-0.15, -0.1) is 6.42 Å². The molecule has 0 fully saturated rings. The Balaban J connectivity index is 2.98. The van der Waals surface area contributed by atoms with Gasteiger partial charge in [0.25, 0.3) is 0 Å². The van der Waals surface area contributed by atoms with Crippen LogP contribution in [0.15, 0.2) is 23.3 Å². The highest BCUT2D eigenvalue weighted by molar-refractivity contribution is 7.80. The van der Waals surface area contributed by atoms with Crippen molar-refractivity contribution >= 4 is 23.5 Å². The molecule has 5 nitrogen and oxygen atoms in total. The van der Waals surface area contributed by atoms with E-state index in [1.807, 2.05) is 6.07 Å². The number of thiocarbonyl (C=S) groups is 1. The van der Waals surface area contributed by atoms with Crippen molar-refractivity contribution in [1.82, 2.24) is 5.43 Å². The number of terminal acetylenes is 1. The average molecular weight is 263 g/mol. The molecule has 0 aliphatic carbocycles. The first-order valence-corrected chi connectivity index (χ1v) is 5.41. The summed E-state index contributed by atoms with van der Waals surface area (Å²) in [6.07, 6.45) is 6.68. The van der Waals surface area contributed by atoms with Crippen LogP contribution in [0.5, 0.6) is 11.5 Å². The molecular formula is C12H13N3O2S. The van der Waals surface area contributed by atoms with E-state index in [-0.39, 0.29) is 11.7 Å². The largest absolute Gasteiger partial charge is 0.493 e. The summed E-state index contributed by atoms with van der Waals surface area (Å²) in [6, 6.07) is 5.38. The summed E-state index contributed by atoms with van der Waals surface area (Å²) >= 11 is 4.63. The first-order valence-electron chi connectivity index (χ1n) is 5.00. The van der Waals surface area contributed by atoms with E-state index < -0.39 is 0 Å². The number of hydrogen-bond donors (Lipinski definition) is 2. The van der Waals surface area contributed by atoms with Crippen molar-refractivity contribution in [1.29, 1.82) is 0 Å². The van der Waals surface area contributed by atoms with Crippen molar-refractivity contribution < 1.29 is 9.47 Å². The highest BCUT2D eigenvalue weighted by Gasteiger charge is 2.08. The normalized spacial score (nSPS) is 9.78. The Bertz CT molecular complexity index is 495. The summed E-state index contributed by atoms with van der Waals surface area (Å²) in [5.41, 5.74) is 8.41. The Morgan fingerprint density at radius 1 is 1.67 bits per heavy atom. The Morgan fingerprint density at radius 3 is 3.06 bits per heavy atom. The number of nitrogens with zero attached hydrogens (tertiary/aromatic N) is 1. The van der Waals surface area contributed by atoms with Gasteiger partial charge in [0.15, 0.2) is 16.6 Å². The minimum absolute atomic E-state index is 0.0836.